The van der Waals surface area contributed by atoms with E-state index in [1.165, 1.54) is 25.2 Å². The van der Waals surface area contributed by atoms with E-state index in [0.29, 0.717) is 47.0 Å². The predicted molar refractivity (Wildman–Crippen MR) is 273 cm³/mol. The third-order valence-electron chi connectivity index (χ3n) is 11.7. The van der Waals surface area contributed by atoms with Gasteiger partial charge in [-0.1, -0.05) is 29.4 Å². The van der Waals surface area contributed by atoms with Gasteiger partial charge in [-0.25, -0.2) is 23.7 Å². The van der Waals surface area contributed by atoms with Crippen molar-refractivity contribution in [2.75, 3.05) is 20.0 Å². The molecule has 2 aromatic heterocycles. The molecule has 0 spiro atoms. The van der Waals surface area contributed by atoms with Crippen molar-refractivity contribution in [3.05, 3.63) is 129 Å². The minimum atomic E-state index is -1.81. The van der Waals surface area contributed by atoms with Crippen LogP contribution in [0.1, 0.15) is 86.1 Å². The summed E-state index contributed by atoms with van der Waals surface area (Å²) in [4.78, 5) is 78.2. The fraction of sp³-hybridized carbons (Fsp3) is 0.385. The van der Waals surface area contributed by atoms with Crippen LogP contribution in [0.25, 0.3) is 0 Å². The number of oxime groups is 1. The van der Waals surface area contributed by atoms with Gasteiger partial charge in [-0.3, -0.25) is 23.5 Å². The first kappa shape index (κ1) is 54.4. The van der Waals surface area contributed by atoms with Crippen LogP contribution < -0.4 is 28.8 Å². The molecular formula is C52H58BN6O13S2+. The van der Waals surface area contributed by atoms with Crippen molar-refractivity contribution < 1.29 is 65.9 Å². The van der Waals surface area contributed by atoms with Crippen molar-refractivity contribution in [1.82, 2.24) is 19.8 Å². The van der Waals surface area contributed by atoms with Crippen molar-refractivity contribution >= 4 is 65.4 Å². The molecule has 74 heavy (non-hydrogen) atoms. The number of ketones is 1. The van der Waals surface area contributed by atoms with Gasteiger partial charge >= 0.3 is 20.0 Å². The molecule has 5 aromatic rings. The van der Waals surface area contributed by atoms with Crippen molar-refractivity contribution in [3.8, 4) is 23.0 Å². The smallest absolute Gasteiger partial charge is 0.378 e. The fourth-order valence-corrected chi connectivity index (χ4v) is 10.1. The summed E-state index contributed by atoms with van der Waals surface area (Å²) < 4.78 is 50.6. The Kier molecular flexibility index (Phi) is 17.4. The molecule has 1 unspecified atom stereocenters. The second kappa shape index (κ2) is 23.7. The Hall–Kier alpha value is -7.33. The van der Waals surface area contributed by atoms with Gasteiger partial charge in [0.1, 0.15) is 72.1 Å². The number of nitrogens with zero attached hydrogens (tertiary/aromatic N) is 5. The number of aromatic nitrogens is 3. The topological polar surface area (TPSA) is 216 Å². The maximum atomic E-state index is 13.9. The number of thiazole rings is 1. The number of Topliss-reactive ketones (excluding diaryl/α,β-unsaturated/α-hetero) is 1. The number of benzene rings is 3. The van der Waals surface area contributed by atoms with Crippen LogP contribution in [0.3, 0.4) is 0 Å². The number of methoxy groups -OCH3 is 2. The molecule has 1 N–H and O–H groups in total. The van der Waals surface area contributed by atoms with E-state index in [1.54, 1.807) is 82.6 Å². The van der Waals surface area contributed by atoms with Gasteiger partial charge in [0.05, 0.1) is 42.3 Å². The minimum absolute atomic E-state index is 0.0581. The molecule has 7 rings (SSSR count). The van der Waals surface area contributed by atoms with Crippen molar-refractivity contribution in [2.24, 2.45) is 5.16 Å². The van der Waals surface area contributed by atoms with Gasteiger partial charge in [-0.05, 0) is 108 Å². The van der Waals surface area contributed by atoms with Gasteiger partial charge in [0.25, 0.3) is 11.8 Å². The molecule has 2 aliphatic heterocycles. The third kappa shape index (κ3) is 13.4. The summed E-state index contributed by atoms with van der Waals surface area (Å²) in [7, 11) is 6.76. The Bertz CT molecular complexity index is 2960. The van der Waals surface area contributed by atoms with Crippen LogP contribution in [0.5, 0.6) is 23.0 Å². The van der Waals surface area contributed by atoms with E-state index >= 15 is 0 Å². The van der Waals surface area contributed by atoms with Crippen LogP contribution in [0.15, 0.2) is 107 Å². The number of aryl methyl sites for hydroxylation is 2. The first-order valence-corrected chi connectivity index (χ1v) is 25.8. The van der Waals surface area contributed by atoms with E-state index in [4.69, 9.17) is 36.6 Å². The highest BCUT2D eigenvalue weighted by atomic mass is 32.2. The molecule has 22 heteroatoms. The van der Waals surface area contributed by atoms with E-state index in [9.17, 15) is 28.2 Å². The average Bonchev–Trinajstić information content (AvgIpc) is 4.03. The zero-order valence-corrected chi connectivity index (χ0v) is 44.0. The molecule has 3 aromatic carbocycles. The van der Waals surface area contributed by atoms with Gasteiger partial charge in [-0.2, -0.15) is 0 Å². The highest BCUT2D eigenvalue weighted by molar-refractivity contribution is 7.86. The fourth-order valence-electron chi connectivity index (χ4n) is 7.79. The van der Waals surface area contributed by atoms with Crippen LogP contribution >= 0.6 is 11.3 Å². The third-order valence-corrected chi connectivity index (χ3v) is 14.1. The molecule has 0 bridgehead atoms. The number of nitrogens with one attached hydrogen (secondary N) is 1. The molecule has 1 saturated heterocycles. The number of hydrogen-bond donors (Lipinski definition) is 1. The highest BCUT2D eigenvalue weighted by Crippen LogP contribution is 2.36. The SMILES string of the molecule is [B]OC(=O)C1=C(C[n+]2ccn(CCCCC(=O)c3ccc(OCc4ccc(OC)cc4)c(OCc4ccc(OC)cc4)c3)c2)CS(=O)[C@@H]2[C@H](NC(=O)/C(=N/OC(C)(C)C(=O)OC(C)(C)C)c3csc(C)n3)C(=O)N12. The molecule has 2 radical (unpaired) electrons. The Balaban J connectivity index is 0.967. The van der Waals surface area contributed by atoms with Gasteiger partial charge < -0.3 is 38.5 Å². The molecule has 4 heterocycles. The van der Waals surface area contributed by atoms with Gasteiger partial charge in [0.2, 0.25) is 11.9 Å². The molecule has 19 nitrogen and oxygen atoms in total. The van der Waals surface area contributed by atoms with Gasteiger partial charge in [-0.15, -0.1) is 11.3 Å². The van der Waals surface area contributed by atoms with E-state index < -0.39 is 57.2 Å². The normalized spacial score (nSPS) is 16.6. The van der Waals surface area contributed by atoms with Crippen LogP contribution in [0.4, 0.5) is 0 Å². The lowest BCUT2D eigenvalue weighted by molar-refractivity contribution is -0.688. The molecule has 2 aliphatic rings. The molecule has 1 fully saturated rings. The van der Waals surface area contributed by atoms with E-state index in [1.807, 2.05) is 59.3 Å². The summed E-state index contributed by atoms with van der Waals surface area (Å²) in [6.07, 6.45) is 6.89. The second-order valence-corrected chi connectivity index (χ2v) is 21.5. The zero-order chi connectivity index (χ0) is 53.3. The Morgan fingerprint density at radius 3 is 2.16 bits per heavy atom. The number of amides is 2. The Labute approximate surface area is 436 Å². The van der Waals surface area contributed by atoms with Crippen molar-refractivity contribution in [3.63, 3.8) is 0 Å². The molecule has 388 valence electrons. The number of β-lactam (4-membered cyclic amide) rings is 1. The maximum Gasteiger partial charge on any atom is 0.378 e. The van der Waals surface area contributed by atoms with Crippen molar-refractivity contribution in [2.45, 2.75) is 110 Å². The van der Waals surface area contributed by atoms with E-state index in [2.05, 4.69) is 20.1 Å². The molecular weight excluding hydrogens is 992 g/mol. The summed E-state index contributed by atoms with van der Waals surface area (Å²) in [5, 5.41) is 7.60. The van der Waals surface area contributed by atoms with Crippen LogP contribution in [0.2, 0.25) is 0 Å². The van der Waals surface area contributed by atoms with E-state index in [-0.39, 0.29) is 54.8 Å². The van der Waals surface area contributed by atoms with Crippen LogP contribution in [-0.4, -0.2) is 105 Å². The lowest BCUT2D eigenvalue weighted by Gasteiger charge is -2.49. The minimum Gasteiger partial charge on any atom is -0.539 e. The van der Waals surface area contributed by atoms with Crippen LogP contribution in [0, 0.1) is 6.92 Å². The Morgan fingerprint density at radius 1 is 0.919 bits per heavy atom. The molecule has 0 saturated carbocycles. The number of esters is 1. The van der Waals surface area contributed by atoms with E-state index in [0.717, 1.165) is 27.5 Å². The summed E-state index contributed by atoms with van der Waals surface area (Å²) in [5.74, 6) is -1.20. The standard InChI is InChI=1S/C52H57BN6O13S2/c1-32-54-39(29-73-32)43(56-72-52(5,6)50(64)70-51(2,3)4)46(61)55-44-47(62)59-45(49(63)71-53)36(30-74(65)48(44)59)26-58-24-23-57(31-58)22-10-9-11-40(60)35-16-21-41(68-27-33-12-17-37(66-7)18-13-33)42(25-35)69-28-34-14-19-38(67-8)20-15-34/h12-21,23-25,29,31,44,48H,9-11,22,26-28,30H2,1-8H3/p+1/b56-43+/t44-,48-,74?/m1/s1. The summed E-state index contributed by atoms with van der Waals surface area (Å²) in [6, 6.07) is 18.9. The lowest BCUT2D eigenvalue weighted by Crippen LogP contribution is -2.74. The molecule has 0 aliphatic carbocycles. The lowest BCUT2D eigenvalue weighted by atomic mass is 10.0. The van der Waals surface area contributed by atoms with Gasteiger partial charge in [0, 0.05) is 22.9 Å². The van der Waals surface area contributed by atoms with Crippen molar-refractivity contribution in [1.29, 1.82) is 0 Å². The quantitative estimate of drug-likeness (QED) is 0.0123. The van der Waals surface area contributed by atoms with Crippen LogP contribution in [-0.2, 0) is 70.5 Å². The largest absolute Gasteiger partial charge is 0.539 e. The first-order chi connectivity index (χ1) is 35.3. The number of imidazole rings is 1. The number of rotatable bonds is 23. The number of carbonyl (C=O) groups is 5. The highest BCUT2D eigenvalue weighted by Gasteiger charge is 2.57. The summed E-state index contributed by atoms with van der Waals surface area (Å²) in [6.45, 7) is 10.8. The monoisotopic (exact) mass is 1050 g/mol. The van der Waals surface area contributed by atoms with Gasteiger partial charge in [0.15, 0.2) is 23.0 Å². The number of hydrogen-bond acceptors (Lipinski definition) is 16. The zero-order valence-electron chi connectivity index (χ0n) is 42.4. The predicted octanol–water partition coefficient (Wildman–Crippen LogP) is 5.61. The second-order valence-electron chi connectivity index (χ2n) is 18.9. The Morgan fingerprint density at radius 2 is 1.57 bits per heavy atom. The molecule has 2 amide bonds. The number of fused-ring (bicyclic) bond motifs is 1. The number of carbonyl (C=O) groups excluding carboxylic acids is 5. The number of ether oxygens (including phenoxy) is 5. The average molecular weight is 1050 g/mol. The summed E-state index contributed by atoms with van der Waals surface area (Å²) >= 11 is 1.23. The summed E-state index contributed by atoms with van der Waals surface area (Å²) in [5.41, 5.74) is -0.205. The maximum absolute atomic E-state index is 13.9. The first-order valence-electron chi connectivity index (χ1n) is 23.6. The molecule has 3 atom stereocenters. The number of unbranched alkanes of at least 4 members (excludes halogenated alkanes) is 1.